The Kier molecular flexibility index (Phi) is 10.4. The predicted octanol–water partition coefficient (Wildman–Crippen LogP) is 5.99. The first-order chi connectivity index (χ1) is 23.1. The van der Waals surface area contributed by atoms with Gasteiger partial charge in [-0.25, -0.2) is 9.79 Å². The van der Waals surface area contributed by atoms with E-state index in [2.05, 4.69) is 16.4 Å². The molecule has 262 valence electrons. The van der Waals surface area contributed by atoms with Gasteiger partial charge in [-0.1, -0.05) is 25.1 Å². The number of aliphatic hydroxyl groups excluding tert-OH is 1. The van der Waals surface area contributed by atoms with E-state index >= 15 is 0 Å². The number of rotatable bonds is 4. The largest absolute Gasteiger partial charge is 0.485 e. The number of aliphatic hydroxyl groups is 1. The highest BCUT2D eigenvalue weighted by atomic mass is 16.6. The summed E-state index contributed by atoms with van der Waals surface area (Å²) in [5, 5.41) is 17.3. The molecule has 0 aliphatic carbocycles. The lowest BCUT2D eigenvalue weighted by Crippen LogP contribution is -2.56. The molecular formula is C38H48N4O7. The SMILES string of the molecule is CCC12CCC=C=Cc3ccc4c(c3)[C@@H](NC(=O)c3cccc(c3)[C@@H](CCOC)N(C(=O)C1)C(NC(=O)OC(C)(C)C)=N2)[C@H](O)C(C)(C)O4. The van der Waals surface area contributed by atoms with Gasteiger partial charge in [-0.3, -0.25) is 19.8 Å². The zero-order valence-corrected chi connectivity index (χ0v) is 29.5. The number of fused-ring (bicyclic) bond motifs is 4. The van der Waals surface area contributed by atoms with E-state index in [1.165, 1.54) is 4.90 Å². The minimum absolute atomic E-state index is 0.0943. The van der Waals surface area contributed by atoms with Crippen molar-refractivity contribution in [3.63, 3.8) is 0 Å². The average Bonchev–Trinajstić information content (AvgIpc) is 3.03. The number of alkyl carbamates (subject to hydrolysis) is 1. The van der Waals surface area contributed by atoms with E-state index < -0.39 is 46.9 Å². The fraction of sp³-hybridized carbons (Fsp3) is 0.500. The monoisotopic (exact) mass is 672 g/mol. The van der Waals surface area contributed by atoms with Crippen molar-refractivity contribution >= 4 is 29.9 Å². The fourth-order valence-electron chi connectivity index (χ4n) is 6.56. The van der Waals surface area contributed by atoms with Crippen molar-refractivity contribution < 1.29 is 33.7 Å². The molecule has 4 heterocycles. The molecule has 0 saturated carbocycles. The molecule has 6 rings (SSSR count). The summed E-state index contributed by atoms with van der Waals surface area (Å²) in [5.74, 6) is 0.0507. The summed E-state index contributed by atoms with van der Waals surface area (Å²) in [6, 6.07) is 11.2. The van der Waals surface area contributed by atoms with Crippen LogP contribution in [0.1, 0.15) is 113 Å². The molecule has 2 aromatic rings. The predicted molar refractivity (Wildman–Crippen MR) is 186 cm³/mol. The van der Waals surface area contributed by atoms with Crippen LogP contribution < -0.4 is 15.4 Å². The van der Waals surface area contributed by atoms with Crippen LogP contribution in [0.25, 0.3) is 6.08 Å². The van der Waals surface area contributed by atoms with Gasteiger partial charge in [0.2, 0.25) is 11.9 Å². The van der Waals surface area contributed by atoms with Crippen molar-refractivity contribution in [3.05, 3.63) is 76.5 Å². The Morgan fingerprint density at radius 2 is 1.98 bits per heavy atom. The summed E-state index contributed by atoms with van der Waals surface area (Å²) in [7, 11) is 1.58. The van der Waals surface area contributed by atoms with E-state index in [1.54, 1.807) is 59.9 Å². The zero-order valence-electron chi connectivity index (χ0n) is 29.5. The summed E-state index contributed by atoms with van der Waals surface area (Å²) in [5.41, 5.74) is 3.19. The summed E-state index contributed by atoms with van der Waals surface area (Å²) < 4.78 is 17.2. The fourth-order valence-corrected chi connectivity index (χ4v) is 6.56. The van der Waals surface area contributed by atoms with E-state index in [-0.39, 0.29) is 18.3 Å². The highest BCUT2D eigenvalue weighted by Gasteiger charge is 2.45. The lowest BCUT2D eigenvalue weighted by Gasteiger charge is -2.42. The van der Waals surface area contributed by atoms with Crippen LogP contribution in [0.3, 0.4) is 0 Å². The Morgan fingerprint density at radius 1 is 1.20 bits per heavy atom. The first-order valence-electron chi connectivity index (χ1n) is 16.9. The van der Waals surface area contributed by atoms with Gasteiger partial charge in [0.1, 0.15) is 23.1 Å². The molecule has 11 nitrogen and oxygen atoms in total. The van der Waals surface area contributed by atoms with Crippen molar-refractivity contribution in [3.8, 4) is 5.75 Å². The number of ether oxygens (including phenoxy) is 3. The minimum atomic E-state index is -1.05. The van der Waals surface area contributed by atoms with E-state index in [0.717, 1.165) is 5.56 Å². The molecule has 0 aromatic heterocycles. The number of guanidine groups is 1. The minimum Gasteiger partial charge on any atom is -0.485 e. The van der Waals surface area contributed by atoms with Gasteiger partial charge in [0.05, 0.1) is 24.0 Å². The smallest absolute Gasteiger partial charge is 0.414 e. The third-order valence-corrected chi connectivity index (χ3v) is 9.21. The molecule has 4 atom stereocenters. The molecule has 0 radical (unpaired) electrons. The highest BCUT2D eigenvalue weighted by molar-refractivity contribution is 6.05. The Bertz CT molecular complexity index is 1690. The van der Waals surface area contributed by atoms with Crippen LogP contribution in [0.15, 0.2) is 59.3 Å². The standard InChI is InChI=1S/C38H48N4O7/c1-8-38-19-11-9-10-13-24-16-17-29-27(21-24)31(32(44)37(5,6)48-29)39-33(45)26-15-12-14-25(22-26)28(18-20-47-7)42(30(43)23-38)34(41-38)40-35(46)49-36(2,3)4/h9,12-17,21-22,28,31-32,44H,8,11,18-20,23H2,1-7H3,(H,39,45)(H,40,41,46)/t10?,28-,31-,32+,38?/m1/s1. The second-order valence-electron chi connectivity index (χ2n) is 14.5. The summed E-state index contributed by atoms with van der Waals surface area (Å²) in [6.07, 6.45) is 4.13. The maximum atomic E-state index is 14.3. The molecule has 6 bridgehead atoms. The van der Waals surface area contributed by atoms with Crippen molar-refractivity contribution in [1.82, 2.24) is 15.5 Å². The van der Waals surface area contributed by atoms with Crippen LogP contribution >= 0.6 is 0 Å². The average molecular weight is 673 g/mol. The lowest BCUT2D eigenvalue weighted by molar-refractivity contribution is -0.132. The van der Waals surface area contributed by atoms with Gasteiger partial charge in [-0.2, -0.15) is 0 Å². The van der Waals surface area contributed by atoms with Gasteiger partial charge >= 0.3 is 6.09 Å². The highest BCUT2D eigenvalue weighted by Crippen LogP contribution is 2.41. The molecule has 0 spiro atoms. The van der Waals surface area contributed by atoms with Gasteiger partial charge in [0, 0.05) is 24.8 Å². The number of carbonyl (C=O) groups is 3. The second kappa shape index (κ2) is 14.2. The van der Waals surface area contributed by atoms with Gasteiger partial charge in [-0.15, -0.1) is 5.73 Å². The van der Waals surface area contributed by atoms with Crippen LogP contribution in [0.5, 0.6) is 5.75 Å². The molecule has 49 heavy (non-hydrogen) atoms. The van der Waals surface area contributed by atoms with E-state index in [9.17, 15) is 19.5 Å². The number of hydrogen-bond donors (Lipinski definition) is 3. The first-order valence-corrected chi connectivity index (χ1v) is 16.9. The molecule has 4 aliphatic heterocycles. The van der Waals surface area contributed by atoms with Gasteiger partial charge in [-0.05, 0) is 108 Å². The Morgan fingerprint density at radius 3 is 2.69 bits per heavy atom. The topological polar surface area (TPSA) is 139 Å². The maximum absolute atomic E-state index is 14.3. The molecule has 2 aromatic carbocycles. The number of carbonyl (C=O) groups excluding carboxylic acids is 3. The third kappa shape index (κ3) is 8.07. The maximum Gasteiger partial charge on any atom is 0.414 e. The first kappa shape index (κ1) is 35.9. The summed E-state index contributed by atoms with van der Waals surface area (Å²) >= 11 is 0. The lowest BCUT2D eigenvalue weighted by atomic mass is 9.85. The number of hydrogen-bond acceptors (Lipinski definition) is 8. The van der Waals surface area contributed by atoms with Crippen molar-refractivity contribution in [2.75, 3.05) is 13.7 Å². The Labute approximate surface area is 288 Å². The Hall–Kier alpha value is -4.44. The van der Waals surface area contributed by atoms with Gasteiger partial charge in [0.15, 0.2) is 0 Å². The van der Waals surface area contributed by atoms with E-state index in [4.69, 9.17) is 19.2 Å². The molecule has 11 heteroatoms. The summed E-state index contributed by atoms with van der Waals surface area (Å²) in [6.45, 7) is 11.1. The molecule has 0 fully saturated rings. The molecule has 4 aliphatic rings. The van der Waals surface area contributed by atoms with Crippen LogP contribution in [0.4, 0.5) is 4.79 Å². The third-order valence-electron chi connectivity index (χ3n) is 9.21. The number of nitrogens with one attached hydrogen (secondary N) is 2. The van der Waals surface area contributed by atoms with Crippen LogP contribution in [-0.4, -0.2) is 70.4 Å². The van der Waals surface area contributed by atoms with E-state index in [0.29, 0.717) is 54.7 Å². The number of aliphatic imine (C=N–C) groups is 1. The number of amides is 3. The Balaban J connectivity index is 1.65. The van der Waals surface area contributed by atoms with Gasteiger partial charge < -0.3 is 24.6 Å². The zero-order chi connectivity index (χ0) is 35.6. The molecule has 0 saturated heterocycles. The van der Waals surface area contributed by atoms with Crippen molar-refractivity contribution in [2.24, 2.45) is 4.99 Å². The van der Waals surface area contributed by atoms with Crippen LogP contribution in [0, 0.1) is 0 Å². The molecule has 3 amide bonds. The van der Waals surface area contributed by atoms with Crippen molar-refractivity contribution in [2.45, 2.75) is 109 Å². The van der Waals surface area contributed by atoms with Crippen LogP contribution in [0.2, 0.25) is 0 Å². The van der Waals surface area contributed by atoms with Crippen molar-refractivity contribution in [1.29, 1.82) is 0 Å². The van der Waals surface area contributed by atoms with Gasteiger partial charge in [0.25, 0.3) is 5.91 Å². The summed E-state index contributed by atoms with van der Waals surface area (Å²) in [4.78, 5) is 48.0. The molecule has 3 N–H and O–H groups in total. The number of benzene rings is 2. The number of nitrogens with zero attached hydrogens (tertiary/aromatic N) is 2. The number of methoxy groups -OCH3 is 1. The van der Waals surface area contributed by atoms with E-state index in [1.807, 2.05) is 43.3 Å². The van der Waals surface area contributed by atoms with Crippen LogP contribution in [-0.2, 0) is 14.3 Å². The normalized spacial score (nSPS) is 24.9. The quantitative estimate of drug-likeness (QED) is 0.339. The second-order valence-corrected chi connectivity index (χ2v) is 14.5. The molecule has 1 unspecified atom stereocenters. The number of allylic oxidation sites excluding steroid dienone is 1. The molecular weight excluding hydrogens is 624 g/mol.